The Kier molecular flexibility index (Phi) is 6.44. The summed E-state index contributed by atoms with van der Waals surface area (Å²) in [7, 11) is 6.15. The summed E-state index contributed by atoms with van der Waals surface area (Å²) < 4.78 is 45.7. The quantitative estimate of drug-likeness (QED) is 0.295. The number of benzene rings is 3. The molecule has 198 valence electrons. The van der Waals surface area contributed by atoms with E-state index < -0.39 is 5.79 Å². The number of ether oxygens (including phenoxy) is 7. The Morgan fingerprint density at radius 3 is 2.13 bits per heavy atom. The van der Waals surface area contributed by atoms with E-state index in [0.29, 0.717) is 51.0 Å². The lowest BCUT2D eigenvalue weighted by Gasteiger charge is -2.16. The first kappa shape index (κ1) is 25.1. The molecule has 9 heteroatoms. The van der Waals surface area contributed by atoms with Gasteiger partial charge in [-0.15, -0.1) is 0 Å². The van der Waals surface area contributed by atoms with E-state index in [0.717, 1.165) is 11.3 Å². The molecule has 0 saturated carbocycles. The molecule has 1 aromatic heterocycles. The van der Waals surface area contributed by atoms with Gasteiger partial charge in [-0.05, 0) is 29.8 Å². The number of fused-ring (bicyclic) bond motifs is 2. The van der Waals surface area contributed by atoms with Gasteiger partial charge in [0.05, 0.1) is 39.4 Å². The van der Waals surface area contributed by atoms with E-state index in [-0.39, 0.29) is 17.6 Å². The molecule has 1 aliphatic rings. The molecule has 0 fully saturated rings. The van der Waals surface area contributed by atoms with Crippen LogP contribution in [0.1, 0.15) is 19.4 Å². The molecule has 0 saturated heterocycles. The minimum Gasteiger partial charge on any atom is -0.497 e. The third kappa shape index (κ3) is 4.40. The fraction of sp³-hybridized carbons (Fsp3) is 0.276. The van der Waals surface area contributed by atoms with Crippen molar-refractivity contribution in [2.45, 2.75) is 26.2 Å². The predicted molar refractivity (Wildman–Crippen MR) is 140 cm³/mol. The molecule has 0 spiro atoms. The second-order valence-corrected chi connectivity index (χ2v) is 9.04. The molecule has 0 aliphatic carbocycles. The average molecular weight is 521 g/mol. The fourth-order valence-corrected chi connectivity index (χ4v) is 4.33. The van der Waals surface area contributed by atoms with Crippen LogP contribution in [0.2, 0.25) is 0 Å². The van der Waals surface area contributed by atoms with Gasteiger partial charge < -0.3 is 37.6 Å². The second-order valence-electron chi connectivity index (χ2n) is 9.04. The second kappa shape index (κ2) is 9.74. The number of hydrogen-bond donors (Lipinski definition) is 0. The predicted octanol–water partition coefficient (Wildman–Crippen LogP) is 5.58. The van der Waals surface area contributed by atoms with Crippen LogP contribution in [0, 0.1) is 0 Å². The maximum absolute atomic E-state index is 13.8. The summed E-state index contributed by atoms with van der Waals surface area (Å²) in [6, 6.07) is 12.4. The van der Waals surface area contributed by atoms with Gasteiger partial charge in [-0.2, -0.15) is 0 Å². The molecule has 4 aromatic rings. The summed E-state index contributed by atoms with van der Waals surface area (Å²) in [5.41, 5.74) is 1.68. The molecule has 0 radical (unpaired) electrons. The van der Waals surface area contributed by atoms with Crippen molar-refractivity contribution in [2.24, 2.45) is 0 Å². The van der Waals surface area contributed by atoms with E-state index in [9.17, 15) is 4.79 Å². The Hall–Kier alpha value is -4.53. The van der Waals surface area contributed by atoms with E-state index >= 15 is 0 Å². The molecule has 3 aromatic carbocycles. The summed E-state index contributed by atoms with van der Waals surface area (Å²) in [4.78, 5) is 13.8. The molecule has 1 aliphatic heterocycles. The molecular formula is C29H28O9. The smallest absolute Gasteiger partial charge is 0.246 e. The van der Waals surface area contributed by atoms with Gasteiger partial charge in [-0.25, -0.2) is 0 Å². The summed E-state index contributed by atoms with van der Waals surface area (Å²) >= 11 is 0. The van der Waals surface area contributed by atoms with Crippen molar-refractivity contribution in [1.82, 2.24) is 0 Å². The normalized spacial score (nSPS) is 13.3. The first-order chi connectivity index (χ1) is 18.3. The van der Waals surface area contributed by atoms with Crippen LogP contribution in [0.25, 0.3) is 22.1 Å². The minimum absolute atomic E-state index is 0.259. The van der Waals surface area contributed by atoms with Crippen LogP contribution < -0.4 is 38.6 Å². The van der Waals surface area contributed by atoms with Crippen molar-refractivity contribution >= 4 is 11.0 Å². The van der Waals surface area contributed by atoms with Gasteiger partial charge in [0, 0.05) is 25.5 Å². The summed E-state index contributed by atoms with van der Waals surface area (Å²) in [6.45, 7) is 3.81. The lowest BCUT2D eigenvalue weighted by atomic mass is 10.0. The van der Waals surface area contributed by atoms with Crippen LogP contribution in [0.4, 0.5) is 0 Å². The van der Waals surface area contributed by atoms with Gasteiger partial charge in [0.25, 0.3) is 0 Å². The summed E-state index contributed by atoms with van der Waals surface area (Å²) in [5.74, 6) is 2.15. The van der Waals surface area contributed by atoms with Crippen LogP contribution in [-0.2, 0) is 6.61 Å². The monoisotopic (exact) mass is 520 g/mol. The Balaban J connectivity index is 1.59. The zero-order chi connectivity index (χ0) is 27.0. The third-order valence-corrected chi connectivity index (χ3v) is 6.18. The van der Waals surface area contributed by atoms with E-state index in [4.69, 9.17) is 37.6 Å². The standard InChI is InChI=1S/C29H28O9/c1-29(2)37-27-24(33-5)11-18(26(34-6)28(27)38-29)20-15-36-21-13-22(32-4)23(12-19(21)25(20)30)35-14-16-7-9-17(31-3)10-8-16/h7-13,15H,14H2,1-6H3. The first-order valence-corrected chi connectivity index (χ1v) is 11.8. The molecule has 0 atom stereocenters. The lowest BCUT2D eigenvalue weighted by molar-refractivity contribution is -0.0447. The highest BCUT2D eigenvalue weighted by molar-refractivity contribution is 5.87. The van der Waals surface area contributed by atoms with Crippen LogP contribution in [-0.4, -0.2) is 34.2 Å². The van der Waals surface area contributed by atoms with Crippen molar-refractivity contribution in [2.75, 3.05) is 28.4 Å². The van der Waals surface area contributed by atoms with Crippen LogP contribution in [0.15, 0.2) is 57.9 Å². The van der Waals surface area contributed by atoms with E-state index in [1.807, 2.05) is 24.3 Å². The topological polar surface area (TPSA) is 94.8 Å². The maximum atomic E-state index is 13.8. The zero-order valence-corrected chi connectivity index (χ0v) is 22.0. The molecule has 38 heavy (non-hydrogen) atoms. The van der Waals surface area contributed by atoms with Gasteiger partial charge in [0.2, 0.25) is 22.7 Å². The van der Waals surface area contributed by atoms with Crippen molar-refractivity contribution in [1.29, 1.82) is 0 Å². The number of methoxy groups -OCH3 is 4. The van der Waals surface area contributed by atoms with Crippen LogP contribution in [0.5, 0.6) is 40.2 Å². The van der Waals surface area contributed by atoms with Gasteiger partial charge in [-0.1, -0.05) is 12.1 Å². The Morgan fingerprint density at radius 1 is 0.763 bits per heavy atom. The van der Waals surface area contributed by atoms with Gasteiger partial charge in [0.1, 0.15) is 24.2 Å². The molecule has 5 rings (SSSR count). The molecule has 2 heterocycles. The summed E-state index contributed by atoms with van der Waals surface area (Å²) in [6.07, 6.45) is 1.38. The van der Waals surface area contributed by atoms with E-state index in [1.165, 1.54) is 27.6 Å². The average Bonchev–Trinajstić information content (AvgIpc) is 3.26. The SMILES string of the molecule is COc1ccc(COc2cc3c(=O)c(-c4cc(OC)c5c(c4OC)OC(C)(C)O5)coc3cc2OC)cc1. The van der Waals surface area contributed by atoms with Crippen molar-refractivity contribution < 1.29 is 37.6 Å². The molecular weight excluding hydrogens is 492 g/mol. The molecule has 9 nitrogen and oxygen atoms in total. The fourth-order valence-electron chi connectivity index (χ4n) is 4.33. The van der Waals surface area contributed by atoms with Crippen LogP contribution in [0.3, 0.4) is 0 Å². The Labute approximate surface area is 219 Å². The minimum atomic E-state index is -0.928. The van der Waals surface area contributed by atoms with Crippen molar-refractivity contribution in [3.8, 4) is 51.4 Å². The van der Waals surface area contributed by atoms with Crippen molar-refractivity contribution in [3.05, 3.63) is 64.5 Å². The van der Waals surface area contributed by atoms with Gasteiger partial charge >= 0.3 is 0 Å². The Bertz CT molecular complexity index is 1550. The van der Waals surface area contributed by atoms with Gasteiger partial charge in [0.15, 0.2) is 23.0 Å². The molecule has 0 amide bonds. The molecule has 0 bridgehead atoms. The first-order valence-electron chi connectivity index (χ1n) is 11.8. The highest BCUT2D eigenvalue weighted by Crippen LogP contribution is 2.55. The van der Waals surface area contributed by atoms with Crippen LogP contribution >= 0.6 is 0 Å². The highest BCUT2D eigenvalue weighted by Gasteiger charge is 2.39. The van der Waals surface area contributed by atoms with E-state index in [1.54, 1.807) is 39.2 Å². The maximum Gasteiger partial charge on any atom is 0.246 e. The van der Waals surface area contributed by atoms with E-state index in [2.05, 4.69) is 0 Å². The number of hydrogen-bond acceptors (Lipinski definition) is 9. The zero-order valence-electron chi connectivity index (χ0n) is 22.0. The van der Waals surface area contributed by atoms with Crippen molar-refractivity contribution in [3.63, 3.8) is 0 Å². The van der Waals surface area contributed by atoms with Gasteiger partial charge in [-0.3, -0.25) is 4.79 Å². The number of rotatable bonds is 8. The lowest BCUT2D eigenvalue weighted by Crippen LogP contribution is -2.29. The Morgan fingerprint density at radius 2 is 1.47 bits per heavy atom. The summed E-state index contributed by atoms with van der Waals surface area (Å²) in [5, 5.41) is 0.312. The largest absolute Gasteiger partial charge is 0.497 e. The molecule has 0 N–H and O–H groups in total. The highest BCUT2D eigenvalue weighted by atomic mass is 16.7. The third-order valence-electron chi connectivity index (χ3n) is 6.18. The molecule has 0 unspecified atom stereocenters.